The lowest BCUT2D eigenvalue weighted by atomic mass is 9.43. The number of benzene rings is 6. The molecule has 0 N–H and O–H groups in total. The highest BCUT2D eigenvalue weighted by Gasteiger charge is 2.61. The van der Waals surface area contributed by atoms with Crippen LogP contribution in [0, 0.1) is 23.7 Å². The molecule has 0 amide bonds. The summed E-state index contributed by atoms with van der Waals surface area (Å²) < 4.78 is 2.70. The fraction of sp³-hybridized carbons (Fsp3) is 0.227. The summed E-state index contributed by atoms with van der Waals surface area (Å²) in [4.78, 5) is 2.56. The van der Waals surface area contributed by atoms with Crippen molar-refractivity contribution in [2.24, 2.45) is 23.7 Å². The Kier molecular flexibility index (Phi) is 5.22. The molecule has 1 heterocycles. The van der Waals surface area contributed by atoms with Crippen molar-refractivity contribution in [2.75, 3.05) is 4.90 Å². The number of hydrogen-bond donors (Lipinski definition) is 0. The van der Waals surface area contributed by atoms with Crippen LogP contribution in [-0.4, -0.2) is 0 Å². The summed E-state index contributed by atoms with van der Waals surface area (Å²) in [5.41, 5.74) is 10.1. The van der Waals surface area contributed by atoms with Crippen LogP contribution in [0.15, 0.2) is 127 Å². The number of hydrogen-bond acceptors (Lipinski definition) is 2. The Bertz CT molecular complexity index is 2330. The highest BCUT2D eigenvalue weighted by molar-refractivity contribution is 7.25. The maximum absolute atomic E-state index is 2.63. The predicted octanol–water partition coefficient (Wildman–Crippen LogP) is 12.4. The number of thiophene rings is 1. The van der Waals surface area contributed by atoms with Crippen molar-refractivity contribution in [1.82, 2.24) is 0 Å². The topological polar surface area (TPSA) is 3.24 Å². The molecule has 7 aromatic rings. The molecule has 1 aromatic heterocycles. The van der Waals surface area contributed by atoms with Gasteiger partial charge in [0.1, 0.15) is 0 Å². The van der Waals surface area contributed by atoms with Gasteiger partial charge in [0.2, 0.25) is 0 Å². The van der Waals surface area contributed by atoms with E-state index in [4.69, 9.17) is 0 Å². The molecule has 0 saturated heterocycles. The molecule has 0 aliphatic heterocycles. The van der Waals surface area contributed by atoms with Gasteiger partial charge in [-0.25, -0.2) is 0 Å². The first kappa shape index (κ1) is 25.8. The molecule has 4 fully saturated rings. The molecular weight excluding hydrogens is 575 g/mol. The Labute approximate surface area is 274 Å². The van der Waals surface area contributed by atoms with E-state index in [2.05, 4.69) is 132 Å². The quantitative estimate of drug-likeness (QED) is 0.193. The third-order valence-corrected chi connectivity index (χ3v) is 13.6. The van der Waals surface area contributed by atoms with Gasteiger partial charge in [0, 0.05) is 42.3 Å². The molecule has 6 aromatic carbocycles. The fourth-order valence-corrected chi connectivity index (χ4v) is 12.0. The van der Waals surface area contributed by atoms with Crippen LogP contribution >= 0.6 is 11.3 Å². The Balaban J connectivity index is 1.17. The minimum Gasteiger partial charge on any atom is -0.310 e. The molecule has 5 aliphatic carbocycles. The van der Waals surface area contributed by atoms with E-state index in [0.717, 1.165) is 23.7 Å². The van der Waals surface area contributed by atoms with Crippen LogP contribution in [0.5, 0.6) is 0 Å². The predicted molar refractivity (Wildman–Crippen MR) is 195 cm³/mol. The third kappa shape index (κ3) is 3.36. The van der Waals surface area contributed by atoms with Gasteiger partial charge >= 0.3 is 0 Å². The third-order valence-electron chi connectivity index (χ3n) is 12.4. The fourth-order valence-electron chi connectivity index (χ4n) is 11.0. The van der Waals surface area contributed by atoms with Crippen molar-refractivity contribution < 1.29 is 0 Å². The van der Waals surface area contributed by atoms with Gasteiger partial charge in [0.25, 0.3) is 0 Å². The molecule has 1 nitrogen and oxygen atoms in total. The van der Waals surface area contributed by atoms with E-state index >= 15 is 0 Å². The maximum atomic E-state index is 2.63. The smallest absolute Gasteiger partial charge is 0.0540 e. The van der Waals surface area contributed by atoms with Crippen LogP contribution in [0.2, 0.25) is 0 Å². The van der Waals surface area contributed by atoms with E-state index in [-0.39, 0.29) is 5.41 Å². The van der Waals surface area contributed by atoms with Gasteiger partial charge < -0.3 is 4.90 Å². The summed E-state index contributed by atoms with van der Waals surface area (Å²) >= 11 is 1.89. The van der Waals surface area contributed by atoms with E-state index < -0.39 is 0 Å². The Hall–Kier alpha value is -4.40. The van der Waals surface area contributed by atoms with Gasteiger partial charge in [-0.2, -0.15) is 0 Å². The van der Waals surface area contributed by atoms with Gasteiger partial charge in [-0.1, -0.05) is 84.9 Å². The second-order valence-electron chi connectivity index (χ2n) is 14.6. The van der Waals surface area contributed by atoms with Crippen molar-refractivity contribution in [3.63, 3.8) is 0 Å². The molecule has 2 heteroatoms. The van der Waals surface area contributed by atoms with E-state index in [0.29, 0.717) is 0 Å². The normalized spacial score (nSPS) is 25.5. The van der Waals surface area contributed by atoms with Crippen molar-refractivity contribution in [2.45, 2.75) is 37.5 Å². The lowest BCUT2D eigenvalue weighted by Gasteiger charge is -2.61. The lowest BCUT2D eigenvalue weighted by Crippen LogP contribution is -2.55. The molecule has 46 heavy (non-hydrogen) atoms. The Morgan fingerprint density at radius 2 is 1.15 bits per heavy atom. The van der Waals surface area contributed by atoms with Crippen molar-refractivity contribution in [3.05, 3.63) is 139 Å². The zero-order valence-corrected chi connectivity index (χ0v) is 26.6. The zero-order chi connectivity index (χ0) is 30.0. The summed E-state index contributed by atoms with van der Waals surface area (Å²) in [6.07, 6.45) is 7.09. The zero-order valence-electron chi connectivity index (χ0n) is 25.8. The molecule has 12 rings (SSSR count). The molecule has 1 spiro atoms. The molecule has 0 unspecified atom stereocenters. The summed E-state index contributed by atoms with van der Waals surface area (Å²) in [6.45, 7) is 0. The first-order chi connectivity index (χ1) is 22.8. The highest BCUT2D eigenvalue weighted by Crippen LogP contribution is 2.69. The van der Waals surface area contributed by atoms with Crippen LogP contribution in [0.3, 0.4) is 0 Å². The van der Waals surface area contributed by atoms with Gasteiger partial charge in [0.05, 0.1) is 5.69 Å². The van der Waals surface area contributed by atoms with E-state index in [1.807, 2.05) is 11.3 Å². The Morgan fingerprint density at radius 1 is 0.500 bits per heavy atom. The molecule has 0 atom stereocenters. The summed E-state index contributed by atoms with van der Waals surface area (Å²) in [5.74, 6) is 3.38. The number of anilines is 3. The van der Waals surface area contributed by atoms with Gasteiger partial charge in [-0.15, -0.1) is 11.3 Å². The van der Waals surface area contributed by atoms with Crippen LogP contribution in [0.4, 0.5) is 17.1 Å². The van der Waals surface area contributed by atoms with Gasteiger partial charge in [-0.05, 0) is 126 Å². The summed E-state index contributed by atoms with van der Waals surface area (Å²) in [6, 6.07) is 48.6. The average molecular weight is 610 g/mol. The Morgan fingerprint density at radius 3 is 2.02 bits per heavy atom. The number of nitrogens with zero attached hydrogens (tertiary/aromatic N) is 1. The minimum absolute atomic E-state index is 0.146. The van der Waals surface area contributed by atoms with E-state index in [1.54, 1.807) is 11.1 Å². The first-order valence-corrected chi connectivity index (χ1v) is 18.0. The molecule has 4 saturated carbocycles. The minimum atomic E-state index is 0.146. The SMILES string of the molecule is c1ccc2c(c1)-c1ccc(N(c3ccc4sc5ccccc5c4c3)c3cccc4ccccc34)cc1C21C2CC3CC(C2)CC1C3. The van der Waals surface area contributed by atoms with Crippen LogP contribution in [0.1, 0.15) is 43.2 Å². The number of fused-ring (bicyclic) bond motifs is 7. The summed E-state index contributed by atoms with van der Waals surface area (Å²) in [5, 5.41) is 5.25. The van der Waals surface area contributed by atoms with Crippen LogP contribution in [0.25, 0.3) is 42.1 Å². The van der Waals surface area contributed by atoms with Gasteiger partial charge in [-0.3, -0.25) is 0 Å². The standard InChI is InChI=1S/C44H35NS/c1-2-10-34-29(8-1)9-7-14-41(34)45(32-17-19-43-38(25-32)37-12-4-6-15-42(37)46-43)33-16-18-36-35-11-3-5-13-39(35)44(40(36)26-33)30-21-27-20-28(23-30)24-31(44)22-27/h1-19,25-28,30-31H,20-24H2. The number of rotatable bonds is 3. The lowest BCUT2D eigenvalue weighted by molar-refractivity contribution is -0.0399. The molecule has 222 valence electrons. The maximum Gasteiger partial charge on any atom is 0.0540 e. The van der Waals surface area contributed by atoms with Crippen LogP contribution < -0.4 is 4.90 Å². The second-order valence-corrected chi connectivity index (χ2v) is 15.6. The van der Waals surface area contributed by atoms with E-state index in [1.165, 1.54) is 91.2 Å². The van der Waals surface area contributed by atoms with Crippen molar-refractivity contribution in [3.8, 4) is 11.1 Å². The second kappa shape index (κ2) is 9.33. The van der Waals surface area contributed by atoms with Crippen LogP contribution in [-0.2, 0) is 5.41 Å². The highest BCUT2D eigenvalue weighted by atomic mass is 32.1. The monoisotopic (exact) mass is 609 g/mol. The van der Waals surface area contributed by atoms with Crippen molar-refractivity contribution >= 4 is 59.3 Å². The van der Waals surface area contributed by atoms with Gasteiger partial charge in [0.15, 0.2) is 0 Å². The van der Waals surface area contributed by atoms with Crippen molar-refractivity contribution in [1.29, 1.82) is 0 Å². The van der Waals surface area contributed by atoms with E-state index in [9.17, 15) is 0 Å². The molecule has 4 bridgehead atoms. The largest absolute Gasteiger partial charge is 0.310 e. The molecule has 5 aliphatic rings. The first-order valence-electron chi connectivity index (χ1n) is 17.2. The summed E-state index contributed by atoms with van der Waals surface area (Å²) in [7, 11) is 0. The molecule has 0 radical (unpaired) electrons. The molecular formula is C44H35NS. The average Bonchev–Trinajstić information content (AvgIpc) is 3.61.